The first-order valence-corrected chi connectivity index (χ1v) is 7.71. The Bertz CT molecular complexity index is 517. The molecule has 20 heavy (non-hydrogen) atoms. The van der Waals surface area contributed by atoms with Gasteiger partial charge >= 0.3 is 12.0 Å². The number of fused-ring (bicyclic) bond motifs is 1. The number of aliphatic carboxylic acids is 1. The van der Waals surface area contributed by atoms with Gasteiger partial charge in [0.15, 0.2) is 5.13 Å². The van der Waals surface area contributed by atoms with E-state index in [9.17, 15) is 9.59 Å². The van der Waals surface area contributed by atoms with Crippen LogP contribution in [-0.4, -0.2) is 28.1 Å². The van der Waals surface area contributed by atoms with Gasteiger partial charge in [0, 0.05) is 10.9 Å². The Labute approximate surface area is 120 Å². The number of carboxylic acids is 1. The first-order chi connectivity index (χ1) is 9.61. The molecule has 7 heteroatoms. The maximum Gasteiger partial charge on any atom is 0.321 e. The molecule has 2 aliphatic carbocycles. The van der Waals surface area contributed by atoms with E-state index >= 15 is 0 Å². The lowest BCUT2D eigenvalue weighted by atomic mass is 10.1. The summed E-state index contributed by atoms with van der Waals surface area (Å²) < 4.78 is 0. The number of anilines is 1. The predicted octanol–water partition coefficient (Wildman–Crippen LogP) is 2.01. The van der Waals surface area contributed by atoms with Crippen LogP contribution in [0.5, 0.6) is 0 Å². The smallest absolute Gasteiger partial charge is 0.321 e. The van der Waals surface area contributed by atoms with Gasteiger partial charge in [-0.1, -0.05) is 0 Å². The van der Waals surface area contributed by atoms with Crippen LogP contribution in [-0.2, 0) is 17.6 Å². The van der Waals surface area contributed by atoms with Gasteiger partial charge < -0.3 is 10.4 Å². The van der Waals surface area contributed by atoms with E-state index in [0.717, 1.165) is 37.8 Å². The van der Waals surface area contributed by atoms with Crippen LogP contribution in [0.3, 0.4) is 0 Å². The third-order valence-electron chi connectivity index (χ3n) is 3.72. The standard InChI is InChI=1S/C13H17N3O3S/c17-11(18)6-9(7-4-5-7)14-12(19)16-13-15-8-2-1-3-10(8)20-13/h7,9H,1-6H2,(H,17,18)(H2,14,15,16,19). The third-order valence-corrected chi connectivity index (χ3v) is 4.79. The minimum atomic E-state index is -0.879. The monoisotopic (exact) mass is 295 g/mol. The fourth-order valence-corrected chi connectivity index (χ4v) is 3.61. The minimum absolute atomic E-state index is 0.0214. The number of aryl methyl sites for hydroxylation is 2. The van der Waals surface area contributed by atoms with Gasteiger partial charge in [-0.15, -0.1) is 11.3 Å². The van der Waals surface area contributed by atoms with Crippen LogP contribution in [0.2, 0.25) is 0 Å². The maximum atomic E-state index is 11.9. The van der Waals surface area contributed by atoms with Gasteiger partial charge in [-0.3, -0.25) is 10.1 Å². The molecule has 0 aliphatic heterocycles. The Morgan fingerprint density at radius 2 is 2.20 bits per heavy atom. The molecule has 1 unspecified atom stereocenters. The molecule has 1 fully saturated rings. The average Bonchev–Trinajstić information content (AvgIpc) is 3.00. The van der Waals surface area contributed by atoms with Gasteiger partial charge in [0.1, 0.15) is 0 Å². The molecule has 1 heterocycles. The molecule has 1 saturated carbocycles. The molecule has 1 atom stereocenters. The van der Waals surface area contributed by atoms with Crippen LogP contribution >= 0.6 is 11.3 Å². The van der Waals surface area contributed by atoms with Crippen molar-refractivity contribution in [1.82, 2.24) is 10.3 Å². The third kappa shape index (κ3) is 3.09. The second-order valence-electron chi connectivity index (χ2n) is 5.38. The van der Waals surface area contributed by atoms with E-state index in [1.807, 2.05) is 0 Å². The number of thiazole rings is 1. The predicted molar refractivity (Wildman–Crippen MR) is 75.1 cm³/mol. The molecular formula is C13H17N3O3S. The van der Waals surface area contributed by atoms with E-state index in [1.54, 1.807) is 0 Å². The first kappa shape index (κ1) is 13.4. The first-order valence-electron chi connectivity index (χ1n) is 6.89. The number of urea groups is 1. The van der Waals surface area contributed by atoms with Crippen molar-refractivity contribution >= 4 is 28.5 Å². The van der Waals surface area contributed by atoms with E-state index in [-0.39, 0.29) is 18.5 Å². The van der Waals surface area contributed by atoms with Gasteiger partial charge in [-0.25, -0.2) is 9.78 Å². The molecule has 3 rings (SSSR count). The molecule has 0 bridgehead atoms. The molecular weight excluding hydrogens is 278 g/mol. The zero-order chi connectivity index (χ0) is 14.1. The van der Waals surface area contributed by atoms with Crippen LogP contribution in [0.15, 0.2) is 0 Å². The highest BCUT2D eigenvalue weighted by Crippen LogP contribution is 2.34. The highest BCUT2D eigenvalue weighted by Gasteiger charge is 2.33. The van der Waals surface area contributed by atoms with Crippen molar-refractivity contribution in [3.05, 3.63) is 10.6 Å². The Morgan fingerprint density at radius 3 is 2.85 bits per heavy atom. The lowest BCUT2D eigenvalue weighted by Gasteiger charge is -2.15. The zero-order valence-electron chi connectivity index (χ0n) is 11.0. The molecule has 0 aromatic carbocycles. The molecule has 2 aliphatic rings. The summed E-state index contributed by atoms with van der Waals surface area (Å²) in [7, 11) is 0. The van der Waals surface area contributed by atoms with E-state index in [0.29, 0.717) is 11.0 Å². The molecule has 108 valence electrons. The fourth-order valence-electron chi connectivity index (χ4n) is 2.57. The van der Waals surface area contributed by atoms with Crippen LogP contribution in [0.25, 0.3) is 0 Å². The summed E-state index contributed by atoms with van der Waals surface area (Å²) in [6.45, 7) is 0. The molecule has 1 aromatic rings. The molecule has 6 nitrogen and oxygen atoms in total. The topological polar surface area (TPSA) is 91.3 Å². The average molecular weight is 295 g/mol. The maximum absolute atomic E-state index is 11.9. The number of rotatable bonds is 5. The number of carbonyl (C=O) groups is 2. The van der Waals surface area contributed by atoms with Crippen molar-refractivity contribution in [1.29, 1.82) is 0 Å². The summed E-state index contributed by atoms with van der Waals surface area (Å²) in [6.07, 6.45) is 5.13. The van der Waals surface area contributed by atoms with Crippen LogP contribution in [0.4, 0.5) is 9.93 Å². The molecule has 1 aromatic heterocycles. The number of aromatic nitrogens is 1. The summed E-state index contributed by atoms with van der Waals surface area (Å²) in [5, 5.41) is 15.0. The summed E-state index contributed by atoms with van der Waals surface area (Å²) in [5.41, 5.74) is 1.09. The summed E-state index contributed by atoms with van der Waals surface area (Å²) in [5.74, 6) is -0.575. The van der Waals surface area contributed by atoms with E-state index in [4.69, 9.17) is 5.11 Å². The number of hydrogen-bond donors (Lipinski definition) is 3. The lowest BCUT2D eigenvalue weighted by Crippen LogP contribution is -2.40. The Balaban J connectivity index is 1.56. The molecule has 0 radical (unpaired) electrons. The summed E-state index contributed by atoms with van der Waals surface area (Å²) in [6, 6.07) is -0.630. The minimum Gasteiger partial charge on any atom is -0.481 e. The van der Waals surface area contributed by atoms with Gasteiger partial charge in [-0.05, 0) is 38.0 Å². The van der Waals surface area contributed by atoms with Crippen molar-refractivity contribution in [2.75, 3.05) is 5.32 Å². The molecule has 3 N–H and O–H groups in total. The number of hydrogen-bond acceptors (Lipinski definition) is 4. The lowest BCUT2D eigenvalue weighted by molar-refractivity contribution is -0.137. The van der Waals surface area contributed by atoms with Crippen molar-refractivity contribution in [2.45, 2.75) is 44.6 Å². The van der Waals surface area contributed by atoms with E-state index in [1.165, 1.54) is 16.2 Å². The molecule has 0 spiro atoms. The second-order valence-corrected chi connectivity index (χ2v) is 6.47. The van der Waals surface area contributed by atoms with Crippen molar-refractivity contribution in [3.63, 3.8) is 0 Å². The van der Waals surface area contributed by atoms with Crippen molar-refractivity contribution in [3.8, 4) is 0 Å². The fraction of sp³-hybridized carbons (Fsp3) is 0.615. The van der Waals surface area contributed by atoms with Crippen molar-refractivity contribution < 1.29 is 14.7 Å². The zero-order valence-corrected chi connectivity index (χ0v) is 11.8. The number of carboxylic acid groups (broad SMARTS) is 1. The number of nitrogens with one attached hydrogen (secondary N) is 2. The molecule has 0 saturated heterocycles. The van der Waals surface area contributed by atoms with Crippen LogP contribution in [0, 0.1) is 5.92 Å². The Kier molecular flexibility index (Phi) is 3.60. The summed E-state index contributed by atoms with van der Waals surface area (Å²) >= 11 is 1.52. The number of nitrogens with zero attached hydrogens (tertiary/aromatic N) is 1. The number of amides is 2. The van der Waals surface area contributed by atoms with Gasteiger partial charge in [-0.2, -0.15) is 0 Å². The highest BCUT2D eigenvalue weighted by molar-refractivity contribution is 7.15. The SMILES string of the molecule is O=C(O)CC(NC(=O)Nc1nc2c(s1)CCC2)C1CC1. The summed E-state index contributed by atoms with van der Waals surface area (Å²) in [4.78, 5) is 28.4. The van der Waals surface area contributed by atoms with Crippen molar-refractivity contribution in [2.24, 2.45) is 5.92 Å². The largest absolute Gasteiger partial charge is 0.481 e. The van der Waals surface area contributed by atoms with Gasteiger partial charge in [0.05, 0.1) is 12.1 Å². The van der Waals surface area contributed by atoms with E-state index < -0.39 is 5.97 Å². The quantitative estimate of drug-likeness (QED) is 0.775. The van der Waals surface area contributed by atoms with Gasteiger partial charge in [0.2, 0.25) is 0 Å². The van der Waals surface area contributed by atoms with Crippen LogP contribution in [0.1, 0.15) is 36.3 Å². The highest BCUT2D eigenvalue weighted by atomic mass is 32.1. The number of carbonyl (C=O) groups excluding carboxylic acids is 1. The molecule has 2 amide bonds. The Hall–Kier alpha value is -1.63. The second kappa shape index (κ2) is 5.40. The Morgan fingerprint density at radius 1 is 1.40 bits per heavy atom. The normalized spacial score (nSPS) is 18.4. The van der Waals surface area contributed by atoms with E-state index in [2.05, 4.69) is 15.6 Å². The van der Waals surface area contributed by atoms with Crippen LogP contribution < -0.4 is 10.6 Å². The van der Waals surface area contributed by atoms with Gasteiger partial charge in [0.25, 0.3) is 0 Å².